The highest BCUT2D eigenvalue weighted by atomic mass is 16.5. The number of esters is 1. The minimum Gasteiger partial charge on any atom is -0.459 e. The molecule has 1 saturated carbocycles. The third-order valence-corrected chi connectivity index (χ3v) is 2.15. The number of rotatable bonds is 2. The molecular formula is C9H15NO2. The van der Waals surface area contributed by atoms with Crippen LogP contribution in [0.1, 0.15) is 32.6 Å². The van der Waals surface area contributed by atoms with Crippen LogP contribution < -0.4 is 5.73 Å². The molecule has 0 unspecified atom stereocenters. The van der Waals surface area contributed by atoms with Crippen molar-refractivity contribution in [1.82, 2.24) is 0 Å². The van der Waals surface area contributed by atoms with Crippen molar-refractivity contribution in [2.24, 2.45) is 5.73 Å². The molecule has 0 aliphatic heterocycles. The second kappa shape index (κ2) is 4.14. The second-order valence-electron chi connectivity index (χ2n) is 3.16. The van der Waals surface area contributed by atoms with Gasteiger partial charge in [0.15, 0.2) is 0 Å². The highest BCUT2D eigenvalue weighted by Gasteiger charge is 2.19. The molecular weight excluding hydrogens is 154 g/mol. The molecule has 3 nitrogen and oxygen atoms in total. The minimum atomic E-state index is -0.274. The maximum atomic E-state index is 11.2. The van der Waals surface area contributed by atoms with E-state index in [0.717, 1.165) is 12.8 Å². The average molecular weight is 169 g/mol. The second-order valence-corrected chi connectivity index (χ2v) is 3.16. The fraction of sp³-hybridized carbons (Fsp3) is 0.667. The number of hydrogen-bond donors (Lipinski definition) is 1. The van der Waals surface area contributed by atoms with Crippen LogP contribution in [0.25, 0.3) is 0 Å². The minimum absolute atomic E-state index is 0.132. The fourth-order valence-electron chi connectivity index (χ4n) is 1.32. The Hall–Kier alpha value is -0.990. The zero-order valence-electron chi connectivity index (χ0n) is 7.38. The quantitative estimate of drug-likeness (QED) is 0.501. The highest BCUT2D eigenvalue weighted by Crippen LogP contribution is 2.21. The maximum Gasteiger partial charge on any atom is 0.335 e. The summed E-state index contributed by atoms with van der Waals surface area (Å²) >= 11 is 0. The summed E-state index contributed by atoms with van der Waals surface area (Å²) in [5, 5.41) is 0. The summed E-state index contributed by atoms with van der Waals surface area (Å²) < 4.78 is 5.18. The van der Waals surface area contributed by atoms with E-state index < -0.39 is 0 Å². The van der Waals surface area contributed by atoms with Crippen molar-refractivity contribution >= 4 is 5.97 Å². The van der Waals surface area contributed by atoms with Crippen LogP contribution in [-0.2, 0) is 9.53 Å². The van der Waals surface area contributed by atoms with Crippen LogP contribution in [0.4, 0.5) is 0 Å². The van der Waals surface area contributed by atoms with Gasteiger partial charge in [-0.2, -0.15) is 0 Å². The van der Waals surface area contributed by atoms with Crippen LogP contribution in [-0.4, -0.2) is 12.1 Å². The van der Waals surface area contributed by atoms with E-state index in [1.54, 1.807) is 6.92 Å². The first kappa shape index (κ1) is 9.10. The first-order valence-electron chi connectivity index (χ1n) is 4.33. The zero-order valence-corrected chi connectivity index (χ0v) is 7.38. The first-order chi connectivity index (χ1) is 5.74. The Kier molecular flexibility index (Phi) is 3.14. The topological polar surface area (TPSA) is 52.3 Å². The number of hydrogen-bond acceptors (Lipinski definition) is 3. The van der Waals surface area contributed by atoms with Crippen molar-refractivity contribution in [2.45, 2.75) is 38.7 Å². The van der Waals surface area contributed by atoms with Gasteiger partial charge in [0, 0.05) is 11.8 Å². The third-order valence-electron chi connectivity index (χ3n) is 2.15. The van der Waals surface area contributed by atoms with Crippen LogP contribution in [0.2, 0.25) is 0 Å². The molecule has 0 aromatic rings. The fourth-order valence-corrected chi connectivity index (χ4v) is 1.32. The largest absolute Gasteiger partial charge is 0.459 e. The number of carbonyl (C=O) groups is 1. The Labute approximate surface area is 72.6 Å². The molecule has 0 bridgehead atoms. The van der Waals surface area contributed by atoms with Crippen LogP contribution >= 0.6 is 0 Å². The van der Waals surface area contributed by atoms with Crippen LogP contribution in [0.5, 0.6) is 0 Å². The molecule has 0 amide bonds. The highest BCUT2D eigenvalue weighted by molar-refractivity contribution is 5.87. The van der Waals surface area contributed by atoms with Crippen molar-refractivity contribution in [3.63, 3.8) is 0 Å². The summed E-state index contributed by atoms with van der Waals surface area (Å²) in [7, 11) is 0. The molecule has 1 aliphatic carbocycles. The third kappa shape index (κ3) is 2.26. The summed E-state index contributed by atoms with van der Waals surface area (Å²) in [6, 6.07) is 0. The molecule has 0 atom stereocenters. The van der Waals surface area contributed by atoms with Crippen LogP contribution in [0.15, 0.2) is 11.8 Å². The molecule has 12 heavy (non-hydrogen) atoms. The molecule has 1 rings (SSSR count). The molecule has 0 heterocycles. The number of ether oxygens (including phenoxy) is 1. The van der Waals surface area contributed by atoms with E-state index in [-0.39, 0.29) is 12.1 Å². The number of carbonyl (C=O) groups excluding carboxylic acids is 1. The van der Waals surface area contributed by atoms with E-state index in [0.29, 0.717) is 5.57 Å². The Bertz CT molecular complexity index is 193. The van der Waals surface area contributed by atoms with Gasteiger partial charge >= 0.3 is 5.97 Å². The Balaban J connectivity index is 2.35. The van der Waals surface area contributed by atoms with E-state index >= 15 is 0 Å². The van der Waals surface area contributed by atoms with Gasteiger partial charge in [0.1, 0.15) is 6.10 Å². The smallest absolute Gasteiger partial charge is 0.335 e. The summed E-state index contributed by atoms with van der Waals surface area (Å²) in [4.78, 5) is 11.2. The lowest BCUT2D eigenvalue weighted by molar-refractivity contribution is -0.143. The van der Waals surface area contributed by atoms with Gasteiger partial charge in [-0.1, -0.05) is 0 Å². The van der Waals surface area contributed by atoms with Gasteiger partial charge < -0.3 is 10.5 Å². The van der Waals surface area contributed by atoms with Crippen molar-refractivity contribution in [1.29, 1.82) is 0 Å². The SMILES string of the molecule is C/C(=C\N)C(=O)OC1CCCC1. The summed E-state index contributed by atoms with van der Waals surface area (Å²) in [5.41, 5.74) is 5.67. The molecule has 1 aliphatic rings. The van der Waals surface area contributed by atoms with E-state index in [9.17, 15) is 4.79 Å². The zero-order chi connectivity index (χ0) is 8.97. The van der Waals surface area contributed by atoms with Crippen molar-refractivity contribution in [3.05, 3.63) is 11.8 Å². The van der Waals surface area contributed by atoms with E-state index in [1.807, 2.05) is 0 Å². The Morgan fingerprint density at radius 3 is 2.58 bits per heavy atom. The average Bonchev–Trinajstić information content (AvgIpc) is 2.55. The summed E-state index contributed by atoms with van der Waals surface area (Å²) in [6.45, 7) is 1.66. The lowest BCUT2D eigenvalue weighted by atomic mass is 10.3. The first-order valence-corrected chi connectivity index (χ1v) is 4.33. The molecule has 0 saturated heterocycles. The predicted octanol–water partition coefficient (Wildman–Crippen LogP) is 1.33. The van der Waals surface area contributed by atoms with Gasteiger partial charge in [-0.3, -0.25) is 0 Å². The van der Waals surface area contributed by atoms with E-state index in [2.05, 4.69) is 0 Å². The van der Waals surface area contributed by atoms with Crippen LogP contribution in [0.3, 0.4) is 0 Å². The van der Waals surface area contributed by atoms with Gasteiger partial charge in [0.25, 0.3) is 0 Å². The van der Waals surface area contributed by atoms with E-state index in [1.165, 1.54) is 19.0 Å². The molecule has 0 radical (unpaired) electrons. The van der Waals surface area contributed by atoms with Gasteiger partial charge in [-0.15, -0.1) is 0 Å². The molecule has 68 valence electrons. The van der Waals surface area contributed by atoms with Crippen molar-refractivity contribution < 1.29 is 9.53 Å². The van der Waals surface area contributed by atoms with Gasteiger partial charge in [0.05, 0.1) is 0 Å². The lowest BCUT2D eigenvalue weighted by Crippen LogP contribution is -2.15. The molecule has 1 fully saturated rings. The standard InChI is InChI=1S/C9H15NO2/c1-7(6-10)9(11)12-8-4-2-3-5-8/h6,8H,2-5,10H2,1H3/b7-6+. The predicted molar refractivity (Wildman–Crippen MR) is 46.3 cm³/mol. The molecule has 3 heteroatoms. The van der Waals surface area contributed by atoms with Crippen molar-refractivity contribution in [3.8, 4) is 0 Å². The molecule has 0 aromatic heterocycles. The monoisotopic (exact) mass is 169 g/mol. The molecule has 0 aromatic carbocycles. The molecule has 0 spiro atoms. The Morgan fingerprint density at radius 2 is 2.08 bits per heavy atom. The summed E-state index contributed by atoms with van der Waals surface area (Å²) in [5.74, 6) is -0.274. The van der Waals surface area contributed by atoms with Gasteiger partial charge in [-0.05, 0) is 32.6 Å². The normalized spacial score (nSPS) is 19.6. The lowest BCUT2D eigenvalue weighted by Gasteiger charge is -2.10. The van der Waals surface area contributed by atoms with E-state index in [4.69, 9.17) is 10.5 Å². The molecule has 2 N–H and O–H groups in total. The van der Waals surface area contributed by atoms with Gasteiger partial charge in [0.2, 0.25) is 0 Å². The van der Waals surface area contributed by atoms with Gasteiger partial charge in [-0.25, -0.2) is 4.79 Å². The maximum absolute atomic E-state index is 11.2. The summed E-state index contributed by atoms with van der Waals surface area (Å²) in [6.07, 6.45) is 5.77. The number of nitrogens with two attached hydrogens (primary N) is 1. The van der Waals surface area contributed by atoms with Crippen molar-refractivity contribution in [2.75, 3.05) is 0 Å². The Morgan fingerprint density at radius 1 is 1.50 bits per heavy atom. The van der Waals surface area contributed by atoms with Crippen LogP contribution in [0, 0.1) is 0 Å².